The Morgan fingerprint density at radius 3 is 2.44 bits per heavy atom. The van der Waals surface area contributed by atoms with E-state index in [0.717, 1.165) is 5.54 Å². The van der Waals surface area contributed by atoms with Gasteiger partial charge in [0.25, 0.3) is 0 Å². The van der Waals surface area contributed by atoms with E-state index in [1.54, 1.807) is 41.0 Å². The summed E-state index contributed by atoms with van der Waals surface area (Å²) in [5.74, 6) is 0. The number of allylic oxidation sites excluding steroid dienone is 4. The molecule has 2 aromatic rings. The van der Waals surface area contributed by atoms with Crippen LogP contribution in [0.15, 0.2) is 64.0 Å². The second-order valence-electron chi connectivity index (χ2n) is 7.81. The van der Waals surface area contributed by atoms with Crippen molar-refractivity contribution in [3.05, 3.63) is 75.1 Å². The third-order valence-electron chi connectivity index (χ3n) is 6.69. The molecule has 0 aromatic heterocycles. The van der Waals surface area contributed by atoms with Crippen LogP contribution in [0.1, 0.15) is 36.4 Å². The van der Waals surface area contributed by atoms with Crippen LogP contribution >= 0.6 is 0 Å². The standard InChI is InChI=1S/C18H19Si.C5H5.2ClH.Hf/c1-2-19(12-7-13-19)18-16-10-5-3-8-14(16)15-9-4-6-11-17(15)18;1-2-4-5-3-1;;;/h3-6,8-10,18H,2,7,12-13H2,1H3;1-3H,4H2;2*1H;/q;;;;+2/p-2. The molecule has 27 heavy (non-hydrogen) atoms. The largest absolute Gasteiger partial charge is 1.00 e. The number of hydrogen-bond donors (Lipinski definition) is 0. The molecular weight excluding hydrogens is 554 g/mol. The summed E-state index contributed by atoms with van der Waals surface area (Å²) in [6.07, 6.45) is 9.72. The summed E-state index contributed by atoms with van der Waals surface area (Å²) in [6.45, 7) is 2.49. The average molecular weight is 578 g/mol. The van der Waals surface area contributed by atoms with Gasteiger partial charge in [0.15, 0.2) is 0 Å². The molecule has 138 valence electrons. The fourth-order valence-electron chi connectivity index (χ4n) is 5.20. The van der Waals surface area contributed by atoms with Crippen LogP contribution in [-0.2, 0) is 22.9 Å². The van der Waals surface area contributed by atoms with E-state index in [1.807, 2.05) is 0 Å². The Labute approximate surface area is 187 Å². The summed E-state index contributed by atoms with van der Waals surface area (Å²) in [4.78, 5) is 0. The minimum Gasteiger partial charge on any atom is -1.00 e. The van der Waals surface area contributed by atoms with E-state index in [-0.39, 0.29) is 24.8 Å². The molecule has 0 spiro atoms. The Balaban J connectivity index is 0.00000105. The van der Waals surface area contributed by atoms with Crippen molar-refractivity contribution in [1.82, 2.24) is 0 Å². The van der Waals surface area contributed by atoms with Gasteiger partial charge in [-0.3, -0.25) is 0 Å². The molecule has 0 nitrogen and oxygen atoms in total. The maximum Gasteiger partial charge on any atom is -1.00 e. The zero-order chi connectivity index (χ0) is 16.9. The summed E-state index contributed by atoms with van der Waals surface area (Å²) in [5.41, 5.74) is 7.41. The first-order chi connectivity index (χ1) is 12.3. The van der Waals surface area contributed by atoms with Gasteiger partial charge >= 0.3 is 164 Å². The molecule has 0 N–H and O–H groups in total. The Morgan fingerprint density at radius 2 is 1.78 bits per heavy atom. The van der Waals surface area contributed by atoms with Gasteiger partial charge in [0.2, 0.25) is 0 Å². The quantitative estimate of drug-likeness (QED) is 0.441. The molecule has 0 radical (unpaired) electrons. The van der Waals surface area contributed by atoms with Crippen LogP contribution in [0, 0.1) is 0 Å². The first-order valence-electron chi connectivity index (χ1n) is 9.67. The Hall–Kier alpha value is -0.413. The molecule has 1 unspecified atom stereocenters. The van der Waals surface area contributed by atoms with Crippen molar-refractivity contribution in [2.45, 2.75) is 43.4 Å². The predicted molar refractivity (Wildman–Crippen MR) is 106 cm³/mol. The maximum atomic E-state index is 2.50. The fourth-order valence-corrected chi connectivity index (χ4v) is 15.3. The molecule has 5 rings (SSSR count). The van der Waals surface area contributed by atoms with E-state index in [1.165, 1.54) is 18.9 Å². The molecule has 0 bridgehead atoms. The van der Waals surface area contributed by atoms with Crippen LogP contribution in [-0.4, -0.2) is 8.07 Å². The van der Waals surface area contributed by atoms with Crippen LogP contribution in [0.2, 0.25) is 18.1 Å². The Bertz CT molecular complexity index is 893. The van der Waals surface area contributed by atoms with Crippen LogP contribution < -0.4 is 28.1 Å². The monoisotopic (exact) mass is 578 g/mol. The van der Waals surface area contributed by atoms with Gasteiger partial charge in [-0.05, 0) is 0 Å². The fraction of sp³-hybridized carbons (Fsp3) is 0.304. The topological polar surface area (TPSA) is 0 Å². The third-order valence-corrected chi connectivity index (χ3v) is 17.6. The predicted octanol–water partition coefficient (Wildman–Crippen LogP) is -0.230. The molecule has 4 heteroatoms. The van der Waals surface area contributed by atoms with Crippen LogP contribution in [0.3, 0.4) is 0 Å². The second-order valence-corrected chi connectivity index (χ2v) is 18.0. The minimum absolute atomic E-state index is 0. The summed E-state index contributed by atoms with van der Waals surface area (Å²) in [5, 5.41) is 0. The van der Waals surface area contributed by atoms with Gasteiger partial charge in [-0.1, -0.05) is 0 Å². The first-order valence-corrected chi connectivity index (χ1v) is 16.0. The zero-order valence-corrected chi connectivity index (χ0v) is 21.7. The number of fused-ring (bicyclic) bond motifs is 3. The molecule has 1 fully saturated rings. The molecule has 1 aliphatic heterocycles. The molecule has 1 heterocycles. The third kappa shape index (κ3) is 3.41. The minimum atomic E-state index is -1.18. The van der Waals surface area contributed by atoms with Crippen molar-refractivity contribution in [3.63, 3.8) is 0 Å². The van der Waals surface area contributed by atoms with Gasteiger partial charge in [-0.2, -0.15) is 0 Å². The van der Waals surface area contributed by atoms with E-state index in [0.29, 0.717) is 0 Å². The number of rotatable bonds is 4. The van der Waals surface area contributed by atoms with Gasteiger partial charge in [-0.15, -0.1) is 0 Å². The van der Waals surface area contributed by atoms with Crippen molar-refractivity contribution in [2.24, 2.45) is 0 Å². The van der Waals surface area contributed by atoms with Gasteiger partial charge in [-0.25, -0.2) is 0 Å². The average Bonchev–Trinajstić information content (AvgIpc) is 3.22. The van der Waals surface area contributed by atoms with E-state index in [2.05, 4.69) is 67.6 Å². The first kappa shape index (κ1) is 21.3. The van der Waals surface area contributed by atoms with Crippen molar-refractivity contribution in [2.75, 3.05) is 0 Å². The van der Waals surface area contributed by atoms with Crippen LogP contribution in [0.5, 0.6) is 0 Å². The van der Waals surface area contributed by atoms with E-state index < -0.39 is 31.0 Å². The molecule has 0 amide bonds. The van der Waals surface area contributed by atoms with Crippen molar-refractivity contribution < 1.29 is 47.7 Å². The number of halogens is 2. The van der Waals surface area contributed by atoms with Gasteiger partial charge < -0.3 is 24.8 Å². The molecule has 1 saturated heterocycles. The summed E-state index contributed by atoms with van der Waals surface area (Å²) in [7, 11) is -1.18. The van der Waals surface area contributed by atoms with Crippen molar-refractivity contribution in [3.8, 4) is 11.1 Å². The number of benzene rings is 2. The Kier molecular flexibility index (Phi) is 6.73. The number of hydrogen-bond acceptors (Lipinski definition) is 0. The molecule has 0 saturated carbocycles. The van der Waals surface area contributed by atoms with Gasteiger partial charge in [0.1, 0.15) is 0 Å². The van der Waals surface area contributed by atoms with Crippen molar-refractivity contribution >= 4 is 11.4 Å². The molecule has 2 aliphatic carbocycles. The molecule has 2 aromatic carbocycles. The van der Waals surface area contributed by atoms with Crippen LogP contribution in [0.4, 0.5) is 0 Å². The van der Waals surface area contributed by atoms with Crippen LogP contribution in [0.25, 0.3) is 11.1 Å². The summed E-state index contributed by atoms with van der Waals surface area (Å²) < 4.78 is 3.56. The molecule has 1 atom stereocenters. The van der Waals surface area contributed by atoms with E-state index in [9.17, 15) is 0 Å². The SMILES string of the molecule is CC[Si]1(C2c3ccccc3-c3ccc[c]([Hf+2][C]4=CC=CC4)c32)CCC1.[Cl-].[Cl-]. The van der Waals surface area contributed by atoms with Gasteiger partial charge in [0.05, 0.1) is 0 Å². The molecule has 3 aliphatic rings. The second kappa shape index (κ2) is 8.53. The van der Waals surface area contributed by atoms with E-state index >= 15 is 0 Å². The smallest absolute Gasteiger partial charge is 1.00 e. The summed E-state index contributed by atoms with van der Waals surface area (Å²) in [6, 6.07) is 21.2. The zero-order valence-electron chi connectivity index (χ0n) is 15.6. The maximum absolute atomic E-state index is 2.50. The van der Waals surface area contributed by atoms with Gasteiger partial charge in [0, 0.05) is 0 Å². The van der Waals surface area contributed by atoms with Crippen molar-refractivity contribution in [1.29, 1.82) is 0 Å². The van der Waals surface area contributed by atoms with E-state index in [4.69, 9.17) is 0 Å². The Morgan fingerprint density at radius 1 is 1.00 bits per heavy atom. The normalized spacial score (nSPS) is 20.3. The summed E-state index contributed by atoms with van der Waals surface area (Å²) >= 11 is -0.918. The molecular formula is C23H24Cl2HfSi.